The van der Waals surface area contributed by atoms with Crippen molar-refractivity contribution in [2.75, 3.05) is 31.8 Å². The van der Waals surface area contributed by atoms with Crippen molar-refractivity contribution in [2.45, 2.75) is 37.1 Å². The number of methoxy groups -OCH3 is 1. The first kappa shape index (κ1) is 24.8. The van der Waals surface area contributed by atoms with Crippen molar-refractivity contribution in [1.82, 2.24) is 4.98 Å². The summed E-state index contributed by atoms with van der Waals surface area (Å²) in [5, 5.41) is 0. The number of nitrogens with zero attached hydrogens (tertiary/aromatic N) is 2. The maximum Gasteiger partial charge on any atom is 0.338 e. The summed E-state index contributed by atoms with van der Waals surface area (Å²) in [4.78, 5) is 34.5. The van der Waals surface area contributed by atoms with Crippen LogP contribution in [0.15, 0.2) is 58.5 Å². The van der Waals surface area contributed by atoms with Gasteiger partial charge in [-0.3, -0.25) is 9.78 Å². The second-order valence-electron chi connectivity index (χ2n) is 8.05. The van der Waals surface area contributed by atoms with Crippen LogP contribution in [0.2, 0.25) is 0 Å². The summed E-state index contributed by atoms with van der Waals surface area (Å²) >= 11 is 1.50. The number of fused-ring (bicyclic) bond motifs is 2. The normalized spacial score (nSPS) is 12.6. The lowest BCUT2D eigenvalue weighted by Gasteiger charge is -2.24. The first-order chi connectivity index (χ1) is 16.9. The van der Waals surface area contributed by atoms with E-state index in [2.05, 4.69) is 4.98 Å². The topological polar surface area (TPSA) is 78.0 Å². The molecule has 0 bridgehead atoms. The van der Waals surface area contributed by atoms with Crippen molar-refractivity contribution in [3.63, 3.8) is 0 Å². The Morgan fingerprint density at radius 1 is 1.09 bits per heavy atom. The average Bonchev–Trinajstić information content (AvgIpc) is 2.97. The Balaban J connectivity index is 1.75. The predicted molar refractivity (Wildman–Crippen MR) is 135 cm³/mol. The predicted octanol–water partition coefficient (Wildman–Crippen LogP) is 5.21. The first-order valence-corrected chi connectivity index (χ1v) is 12.2. The molecule has 0 spiro atoms. The zero-order valence-electron chi connectivity index (χ0n) is 20.3. The van der Waals surface area contributed by atoms with Crippen molar-refractivity contribution >= 4 is 29.3 Å². The Morgan fingerprint density at radius 3 is 2.66 bits per heavy atom. The number of carbonyl (C=O) groups excluding carboxylic acids is 2. The monoisotopic (exact) mass is 492 g/mol. The highest BCUT2D eigenvalue weighted by molar-refractivity contribution is 7.99. The van der Waals surface area contributed by atoms with E-state index in [0.29, 0.717) is 30.0 Å². The Bertz CT molecular complexity index is 1260. The molecular weight excluding hydrogens is 464 g/mol. The number of ether oxygens (including phenoxy) is 3. The smallest absolute Gasteiger partial charge is 0.338 e. The zero-order chi connectivity index (χ0) is 24.9. The number of benzene rings is 2. The van der Waals surface area contributed by atoms with Crippen molar-refractivity contribution in [3.05, 3.63) is 76.6 Å². The molecule has 8 heteroatoms. The number of esters is 1. The molecule has 0 N–H and O–H groups in total. The summed E-state index contributed by atoms with van der Waals surface area (Å²) in [7, 11) is 1.63. The number of carbonyl (C=O) groups is 2. The molecule has 182 valence electrons. The Hall–Kier alpha value is -3.36. The third kappa shape index (κ3) is 5.18. The number of rotatable bonds is 8. The molecule has 3 aromatic rings. The van der Waals surface area contributed by atoms with E-state index in [1.165, 1.54) is 11.8 Å². The van der Waals surface area contributed by atoms with Gasteiger partial charge in [0.1, 0.15) is 12.4 Å². The van der Waals surface area contributed by atoms with Crippen molar-refractivity contribution in [2.24, 2.45) is 0 Å². The molecule has 1 aliphatic heterocycles. The molecule has 1 aliphatic rings. The van der Waals surface area contributed by atoms with Gasteiger partial charge in [0.2, 0.25) is 0 Å². The van der Waals surface area contributed by atoms with Gasteiger partial charge in [-0.25, -0.2) is 4.79 Å². The molecule has 7 nitrogen and oxygen atoms in total. The number of pyridine rings is 1. The van der Waals surface area contributed by atoms with E-state index in [1.807, 2.05) is 51.1 Å². The van der Waals surface area contributed by atoms with Gasteiger partial charge < -0.3 is 19.1 Å². The van der Waals surface area contributed by atoms with Gasteiger partial charge in [-0.2, -0.15) is 0 Å². The first-order valence-electron chi connectivity index (χ1n) is 11.4. The molecule has 0 saturated heterocycles. The van der Waals surface area contributed by atoms with Crippen LogP contribution in [0.3, 0.4) is 0 Å². The Morgan fingerprint density at radius 2 is 1.89 bits per heavy atom. The van der Waals surface area contributed by atoms with Crippen LogP contribution >= 0.6 is 11.8 Å². The molecule has 0 saturated carbocycles. The third-order valence-corrected chi connectivity index (χ3v) is 6.93. The van der Waals surface area contributed by atoms with Gasteiger partial charge in [0.25, 0.3) is 5.91 Å². The second-order valence-corrected chi connectivity index (χ2v) is 9.13. The minimum atomic E-state index is -0.460. The van der Waals surface area contributed by atoms with Gasteiger partial charge in [0.15, 0.2) is 0 Å². The van der Waals surface area contributed by atoms with E-state index in [9.17, 15) is 9.59 Å². The summed E-state index contributed by atoms with van der Waals surface area (Å²) < 4.78 is 16.2. The average molecular weight is 493 g/mol. The van der Waals surface area contributed by atoms with Crippen LogP contribution in [0.1, 0.15) is 44.5 Å². The van der Waals surface area contributed by atoms with Crippen LogP contribution in [0.5, 0.6) is 5.75 Å². The second kappa shape index (κ2) is 10.9. The van der Waals surface area contributed by atoms with Gasteiger partial charge in [-0.1, -0.05) is 23.9 Å². The van der Waals surface area contributed by atoms with E-state index in [1.54, 1.807) is 30.3 Å². The quantitative estimate of drug-likeness (QED) is 0.315. The summed E-state index contributed by atoms with van der Waals surface area (Å²) in [6.07, 6.45) is 1.75. The summed E-state index contributed by atoms with van der Waals surface area (Å²) in [6, 6.07) is 12.8. The SMILES string of the molecule is CCOCCOC(=O)c1ccc2c(c1)N(Cc1ncc(C)c(OC)c1C)C(=O)c1ccccc1S2. The van der Waals surface area contributed by atoms with Crippen LogP contribution < -0.4 is 9.64 Å². The van der Waals surface area contributed by atoms with Gasteiger partial charge in [0.05, 0.1) is 42.8 Å². The molecule has 2 aromatic carbocycles. The van der Waals surface area contributed by atoms with Gasteiger partial charge >= 0.3 is 5.97 Å². The molecule has 0 aliphatic carbocycles. The van der Waals surface area contributed by atoms with Crippen LogP contribution in [-0.2, 0) is 16.0 Å². The van der Waals surface area contributed by atoms with Crippen molar-refractivity contribution in [1.29, 1.82) is 0 Å². The lowest BCUT2D eigenvalue weighted by atomic mass is 10.1. The minimum Gasteiger partial charge on any atom is -0.496 e. The van der Waals surface area contributed by atoms with Gasteiger partial charge in [-0.05, 0) is 51.1 Å². The standard InChI is InChI=1S/C27H28N2O5S/c1-5-33-12-13-34-27(31)19-10-11-24-22(14-19)29(26(30)20-8-6-7-9-23(20)35-24)16-21-18(3)25(32-4)17(2)15-28-21/h6-11,14-15H,5,12-13,16H2,1-4H3. The largest absolute Gasteiger partial charge is 0.496 e. The molecule has 0 unspecified atom stereocenters. The van der Waals surface area contributed by atoms with E-state index < -0.39 is 5.97 Å². The fraction of sp³-hybridized carbons (Fsp3) is 0.296. The highest BCUT2D eigenvalue weighted by atomic mass is 32.2. The van der Waals surface area contributed by atoms with Crippen LogP contribution in [0.4, 0.5) is 5.69 Å². The summed E-state index contributed by atoms with van der Waals surface area (Å²) in [5.74, 6) is 0.131. The summed E-state index contributed by atoms with van der Waals surface area (Å²) in [6.45, 7) is 7.05. The van der Waals surface area contributed by atoms with E-state index >= 15 is 0 Å². The van der Waals surface area contributed by atoms with Gasteiger partial charge in [0, 0.05) is 33.7 Å². The van der Waals surface area contributed by atoms with E-state index in [-0.39, 0.29) is 19.1 Å². The van der Waals surface area contributed by atoms with E-state index in [4.69, 9.17) is 14.2 Å². The Labute approximate surface area is 209 Å². The number of aromatic nitrogens is 1. The minimum absolute atomic E-state index is 0.158. The highest BCUT2D eigenvalue weighted by Crippen LogP contribution is 2.42. The fourth-order valence-corrected chi connectivity index (χ4v) is 5.06. The number of hydrogen-bond donors (Lipinski definition) is 0. The molecule has 0 fully saturated rings. The van der Waals surface area contributed by atoms with Gasteiger partial charge in [-0.15, -0.1) is 0 Å². The van der Waals surface area contributed by atoms with Crippen LogP contribution in [0, 0.1) is 13.8 Å². The van der Waals surface area contributed by atoms with Crippen molar-refractivity contribution < 1.29 is 23.8 Å². The number of anilines is 1. The number of hydrogen-bond acceptors (Lipinski definition) is 7. The fourth-order valence-electron chi connectivity index (χ4n) is 4.01. The molecular formula is C27H28N2O5S. The third-order valence-electron chi connectivity index (χ3n) is 5.79. The lowest BCUT2D eigenvalue weighted by Crippen LogP contribution is -2.31. The molecule has 0 atom stereocenters. The maximum atomic E-state index is 13.8. The van der Waals surface area contributed by atoms with Crippen molar-refractivity contribution in [3.8, 4) is 5.75 Å². The summed E-state index contributed by atoms with van der Waals surface area (Å²) in [5.41, 5.74) is 4.13. The lowest BCUT2D eigenvalue weighted by molar-refractivity contribution is 0.0335. The molecule has 35 heavy (non-hydrogen) atoms. The highest BCUT2D eigenvalue weighted by Gasteiger charge is 2.29. The number of amides is 1. The Kier molecular flexibility index (Phi) is 7.73. The maximum absolute atomic E-state index is 13.8. The molecule has 1 aromatic heterocycles. The zero-order valence-corrected chi connectivity index (χ0v) is 21.1. The molecule has 0 radical (unpaired) electrons. The molecule has 2 heterocycles. The molecule has 4 rings (SSSR count). The number of aryl methyl sites for hydroxylation is 1. The van der Waals surface area contributed by atoms with Crippen LogP contribution in [0.25, 0.3) is 0 Å². The van der Waals surface area contributed by atoms with E-state index in [0.717, 1.165) is 32.4 Å². The van der Waals surface area contributed by atoms with Crippen LogP contribution in [-0.4, -0.2) is 43.8 Å². The molecule has 1 amide bonds.